The van der Waals surface area contributed by atoms with E-state index in [0.29, 0.717) is 6.04 Å². The quantitative estimate of drug-likeness (QED) is 0.751. The van der Waals surface area contributed by atoms with Crippen molar-refractivity contribution in [3.63, 3.8) is 0 Å². The maximum Gasteiger partial charge on any atom is 0.0645 e. The minimum absolute atomic E-state index is 0.461. The molecule has 0 spiro atoms. The average molecular weight is 208 g/mol. The zero-order valence-electron chi connectivity index (χ0n) is 9.96. The van der Waals surface area contributed by atoms with Gasteiger partial charge in [-0.3, -0.25) is 0 Å². The predicted molar refractivity (Wildman–Crippen MR) is 61.7 cm³/mol. The molecular formula is C11H20N4. The Labute approximate surface area is 91.5 Å². The Hall–Kier alpha value is -1.00. The van der Waals surface area contributed by atoms with E-state index >= 15 is 0 Å². The predicted octanol–water partition coefficient (Wildman–Crippen LogP) is 0.791. The van der Waals surface area contributed by atoms with Crippen molar-refractivity contribution in [2.45, 2.75) is 33.4 Å². The van der Waals surface area contributed by atoms with E-state index < -0.39 is 0 Å². The molecule has 0 aliphatic carbocycles. The third-order valence-corrected chi connectivity index (χ3v) is 2.36. The second kappa shape index (κ2) is 5.78. The largest absolute Gasteiger partial charge is 0.318 e. The summed E-state index contributed by atoms with van der Waals surface area (Å²) < 4.78 is 0. The summed E-state index contributed by atoms with van der Waals surface area (Å²) in [6.45, 7) is 7.94. The van der Waals surface area contributed by atoms with Crippen molar-refractivity contribution >= 4 is 0 Å². The zero-order chi connectivity index (χ0) is 11.3. The van der Waals surface area contributed by atoms with Gasteiger partial charge in [0.15, 0.2) is 0 Å². The number of hydrogen-bond donors (Lipinski definition) is 2. The van der Waals surface area contributed by atoms with Crippen molar-refractivity contribution in [2.24, 2.45) is 0 Å². The van der Waals surface area contributed by atoms with E-state index in [1.54, 1.807) is 0 Å². The molecule has 1 heterocycles. The number of nitrogens with zero attached hydrogens (tertiary/aromatic N) is 2. The first-order valence-corrected chi connectivity index (χ1v) is 5.31. The van der Waals surface area contributed by atoms with E-state index in [4.69, 9.17) is 0 Å². The van der Waals surface area contributed by atoms with Gasteiger partial charge in [0.1, 0.15) is 0 Å². The zero-order valence-corrected chi connectivity index (χ0v) is 9.96. The highest BCUT2D eigenvalue weighted by molar-refractivity contribution is 5.19. The van der Waals surface area contributed by atoms with Crippen LogP contribution in [0.1, 0.15) is 23.9 Å². The lowest BCUT2D eigenvalue weighted by atomic mass is 10.2. The van der Waals surface area contributed by atoms with E-state index in [-0.39, 0.29) is 0 Å². The van der Waals surface area contributed by atoms with E-state index in [0.717, 1.165) is 24.5 Å². The Balaban J connectivity index is 2.53. The molecule has 2 N–H and O–H groups in total. The van der Waals surface area contributed by atoms with E-state index in [1.807, 2.05) is 20.9 Å². The Morgan fingerprint density at radius 3 is 2.73 bits per heavy atom. The van der Waals surface area contributed by atoms with Gasteiger partial charge < -0.3 is 10.6 Å². The Bertz CT molecular complexity index is 311. The summed E-state index contributed by atoms with van der Waals surface area (Å²) >= 11 is 0. The lowest BCUT2D eigenvalue weighted by molar-refractivity contribution is 0.521. The van der Waals surface area contributed by atoms with Crippen LogP contribution in [-0.2, 0) is 6.54 Å². The number of likely N-dealkylation sites (N-methyl/N-ethyl adjacent to an activating group) is 1. The monoisotopic (exact) mass is 208 g/mol. The van der Waals surface area contributed by atoms with Gasteiger partial charge in [-0.15, -0.1) is 0 Å². The van der Waals surface area contributed by atoms with Gasteiger partial charge in [-0.25, -0.2) is 0 Å². The lowest BCUT2D eigenvalue weighted by Crippen LogP contribution is -2.34. The van der Waals surface area contributed by atoms with Gasteiger partial charge in [0, 0.05) is 19.1 Å². The van der Waals surface area contributed by atoms with Crippen LogP contribution in [0.3, 0.4) is 0 Å². The third kappa shape index (κ3) is 3.93. The van der Waals surface area contributed by atoms with Gasteiger partial charge >= 0.3 is 0 Å². The fourth-order valence-electron chi connectivity index (χ4n) is 1.45. The molecule has 0 aliphatic heterocycles. The van der Waals surface area contributed by atoms with Crippen LogP contribution >= 0.6 is 0 Å². The molecule has 4 heteroatoms. The molecule has 1 rings (SSSR count). The van der Waals surface area contributed by atoms with Gasteiger partial charge in [-0.05, 0) is 39.4 Å². The maximum absolute atomic E-state index is 4.10. The summed E-state index contributed by atoms with van der Waals surface area (Å²) in [5, 5.41) is 14.7. The summed E-state index contributed by atoms with van der Waals surface area (Å²) in [4.78, 5) is 0. The summed E-state index contributed by atoms with van der Waals surface area (Å²) in [6, 6.07) is 2.55. The van der Waals surface area contributed by atoms with Crippen molar-refractivity contribution in [3.05, 3.63) is 23.0 Å². The maximum atomic E-state index is 4.10. The highest BCUT2D eigenvalue weighted by Crippen LogP contribution is 2.04. The van der Waals surface area contributed by atoms with Crippen molar-refractivity contribution in [2.75, 3.05) is 13.6 Å². The molecule has 0 bridgehead atoms. The second-order valence-electron chi connectivity index (χ2n) is 3.94. The van der Waals surface area contributed by atoms with Gasteiger partial charge in [0.25, 0.3) is 0 Å². The molecule has 1 atom stereocenters. The molecule has 0 aliphatic rings. The number of nitrogens with one attached hydrogen (secondary N) is 2. The topological polar surface area (TPSA) is 49.8 Å². The molecule has 0 amide bonds. The molecule has 1 aromatic rings. The molecule has 0 aromatic carbocycles. The van der Waals surface area contributed by atoms with E-state index in [1.165, 1.54) is 5.56 Å². The van der Waals surface area contributed by atoms with E-state index in [2.05, 4.69) is 33.8 Å². The Kier molecular flexibility index (Phi) is 4.65. The van der Waals surface area contributed by atoms with Gasteiger partial charge in [-0.2, -0.15) is 10.2 Å². The minimum Gasteiger partial charge on any atom is -0.318 e. The molecule has 84 valence electrons. The molecule has 0 radical (unpaired) electrons. The van der Waals surface area contributed by atoms with Crippen LogP contribution in [0.5, 0.6) is 0 Å². The Morgan fingerprint density at radius 1 is 1.33 bits per heavy atom. The molecule has 0 saturated heterocycles. The number of rotatable bonds is 5. The molecule has 1 aromatic heterocycles. The SMILES string of the molecule is CNCC(C)NCc1cc(C)nnc1C. The number of aryl methyl sites for hydroxylation is 2. The first-order valence-electron chi connectivity index (χ1n) is 5.31. The van der Waals surface area contributed by atoms with Crippen LogP contribution in [0.4, 0.5) is 0 Å². The van der Waals surface area contributed by atoms with E-state index in [9.17, 15) is 0 Å². The molecule has 15 heavy (non-hydrogen) atoms. The first kappa shape index (κ1) is 12.1. The normalized spacial score (nSPS) is 12.8. The van der Waals surface area contributed by atoms with Crippen LogP contribution in [0, 0.1) is 13.8 Å². The molecule has 4 nitrogen and oxygen atoms in total. The summed E-state index contributed by atoms with van der Waals surface area (Å²) in [5.41, 5.74) is 3.20. The van der Waals surface area contributed by atoms with Crippen LogP contribution in [-0.4, -0.2) is 29.8 Å². The van der Waals surface area contributed by atoms with Gasteiger partial charge in [0.2, 0.25) is 0 Å². The Morgan fingerprint density at radius 2 is 2.07 bits per heavy atom. The average Bonchev–Trinajstić information content (AvgIpc) is 2.20. The van der Waals surface area contributed by atoms with Crippen LogP contribution in [0.25, 0.3) is 0 Å². The fraction of sp³-hybridized carbons (Fsp3) is 0.636. The van der Waals surface area contributed by atoms with Gasteiger partial charge in [0.05, 0.1) is 11.4 Å². The lowest BCUT2D eigenvalue weighted by Gasteiger charge is -2.13. The molecule has 1 unspecified atom stereocenters. The summed E-state index contributed by atoms with van der Waals surface area (Å²) in [5.74, 6) is 0. The van der Waals surface area contributed by atoms with Crippen molar-refractivity contribution in [1.29, 1.82) is 0 Å². The standard InChI is InChI=1S/C11H20N4/c1-8-5-11(10(3)15-14-8)7-13-9(2)6-12-4/h5,9,12-13H,6-7H2,1-4H3. The highest BCUT2D eigenvalue weighted by atomic mass is 15.1. The number of aromatic nitrogens is 2. The second-order valence-corrected chi connectivity index (χ2v) is 3.94. The van der Waals surface area contributed by atoms with Crippen molar-refractivity contribution in [1.82, 2.24) is 20.8 Å². The number of hydrogen-bond acceptors (Lipinski definition) is 4. The van der Waals surface area contributed by atoms with Crippen LogP contribution in [0.15, 0.2) is 6.07 Å². The molecule has 0 fully saturated rings. The summed E-state index contributed by atoms with van der Waals surface area (Å²) in [6.07, 6.45) is 0. The van der Waals surface area contributed by atoms with Crippen LogP contribution in [0.2, 0.25) is 0 Å². The van der Waals surface area contributed by atoms with Crippen molar-refractivity contribution in [3.8, 4) is 0 Å². The smallest absolute Gasteiger partial charge is 0.0645 e. The minimum atomic E-state index is 0.461. The third-order valence-electron chi connectivity index (χ3n) is 2.36. The first-order chi connectivity index (χ1) is 7.13. The highest BCUT2D eigenvalue weighted by Gasteiger charge is 2.03. The summed E-state index contributed by atoms with van der Waals surface area (Å²) in [7, 11) is 1.96. The van der Waals surface area contributed by atoms with Gasteiger partial charge in [-0.1, -0.05) is 0 Å². The molecule has 0 saturated carbocycles. The van der Waals surface area contributed by atoms with Crippen molar-refractivity contribution < 1.29 is 0 Å². The fourth-order valence-corrected chi connectivity index (χ4v) is 1.45. The van der Waals surface area contributed by atoms with Crippen LogP contribution < -0.4 is 10.6 Å². The molecular weight excluding hydrogens is 188 g/mol.